The summed E-state index contributed by atoms with van der Waals surface area (Å²) in [5.74, 6) is -0.0299. The number of halogens is 3. The Balaban J connectivity index is 1.59. The highest BCUT2D eigenvalue weighted by atomic mass is 19.4. The summed E-state index contributed by atoms with van der Waals surface area (Å²) in [5.41, 5.74) is 0.0473. The van der Waals surface area contributed by atoms with Gasteiger partial charge in [0.25, 0.3) is 5.91 Å². The number of nitrogens with zero attached hydrogens (tertiary/aromatic N) is 4. The van der Waals surface area contributed by atoms with Gasteiger partial charge in [-0.3, -0.25) is 4.79 Å². The SMILES string of the molecule is O=C(c1nc(-c2ccccc2)n(-c2cccc(C(F)(F)F)c2)n1)N1C2CCCC1COC2. The quantitative estimate of drug-likeness (QED) is 0.605. The highest BCUT2D eigenvalue weighted by molar-refractivity contribution is 5.91. The van der Waals surface area contributed by atoms with Crippen molar-refractivity contribution in [2.45, 2.75) is 37.5 Å². The summed E-state index contributed by atoms with van der Waals surface area (Å²) in [4.78, 5) is 19.7. The van der Waals surface area contributed by atoms with Gasteiger partial charge in [0, 0.05) is 5.56 Å². The van der Waals surface area contributed by atoms with E-state index in [-0.39, 0.29) is 29.5 Å². The van der Waals surface area contributed by atoms with E-state index >= 15 is 0 Å². The highest BCUT2D eigenvalue weighted by Crippen LogP contribution is 2.32. The Morgan fingerprint density at radius 2 is 1.72 bits per heavy atom. The third kappa shape index (κ3) is 3.77. The largest absolute Gasteiger partial charge is 0.416 e. The van der Waals surface area contributed by atoms with Gasteiger partial charge in [-0.25, -0.2) is 9.67 Å². The average molecular weight is 442 g/mol. The van der Waals surface area contributed by atoms with Crippen molar-refractivity contribution in [3.63, 3.8) is 0 Å². The van der Waals surface area contributed by atoms with Crippen molar-refractivity contribution in [3.05, 3.63) is 66.0 Å². The third-order valence-corrected chi connectivity index (χ3v) is 5.96. The Bertz CT molecular complexity index is 1110. The van der Waals surface area contributed by atoms with E-state index in [0.29, 0.717) is 24.6 Å². The molecule has 0 saturated carbocycles. The number of hydrogen-bond acceptors (Lipinski definition) is 4. The minimum absolute atomic E-state index is 0.0277. The smallest absolute Gasteiger partial charge is 0.377 e. The number of ether oxygens (including phenoxy) is 1. The first-order chi connectivity index (χ1) is 15.4. The number of morpholine rings is 1. The van der Waals surface area contributed by atoms with Crippen LogP contribution in [0.4, 0.5) is 13.2 Å². The first kappa shape index (κ1) is 20.7. The van der Waals surface area contributed by atoms with Gasteiger partial charge in [0.15, 0.2) is 5.82 Å². The summed E-state index contributed by atoms with van der Waals surface area (Å²) in [6, 6.07) is 13.8. The molecule has 1 amide bonds. The second-order valence-electron chi connectivity index (χ2n) is 8.07. The van der Waals surface area contributed by atoms with E-state index in [0.717, 1.165) is 31.4 Å². The lowest BCUT2D eigenvalue weighted by Crippen LogP contribution is -2.57. The number of carbonyl (C=O) groups excluding carboxylic acids is 1. The molecule has 0 radical (unpaired) electrons. The summed E-state index contributed by atoms with van der Waals surface area (Å²) in [6.45, 7) is 0.949. The molecule has 0 spiro atoms. The summed E-state index contributed by atoms with van der Waals surface area (Å²) in [6.07, 6.45) is -1.76. The average Bonchev–Trinajstić information content (AvgIpc) is 3.24. The first-order valence-corrected chi connectivity index (χ1v) is 10.5. The molecule has 2 atom stereocenters. The second kappa shape index (κ2) is 8.05. The van der Waals surface area contributed by atoms with E-state index in [1.54, 1.807) is 29.2 Å². The number of rotatable bonds is 3. The second-order valence-corrected chi connectivity index (χ2v) is 8.07. The van der Waals surface area contributed by atoms with Crippen LogP contribution >= 0.6 is 0 Å². The zero-order valence-electron chi connectivity index (χ0n) is 17.1. The number of alkyl halides is 3. The normalized spacial score (nSPS) is 20.9. The molecule has 2 unspecified atom stereocenters. The van der Waals surface area contributed by atoms with Crippen molar-refractivity contribution in [1.29, 1.82) is 0 Å². The lowest BCUT2D eigenvalue weighted by Gasteiger charge is -2.45. The van der Waals surface area contributed by atoms with Crippen LogP contribution in [0.25, 0.3) is 17.1 Å². The molecule has 32 heavy (non-hydrogen) atoms. The zero-order chi connectivity index (χ0) is 22.3. The van der Waals surface area contributed by atoms with Gasteiger partial charge in [0.1, 0.15) is 0 Å². The number of piperidine rings is 1. The molecule has 0 aliphatic carbocycles. The fourth-order valence-electron chi connectivity index (χ4n) is 4.45. The molecule has 0 N–H and O–H groups in total. The number of fused-ring (bicyclic) bond motifs is 2. The molecule has 3 heterocycles. The topological polar surface area (TPSA) is 60.2 Å². The third-order valence-electron chi connectivity index (χ3n) is 5.96. The molecule has 1 aromatic heterocycles. The monoisotopic (exact) mass is 442 g/mol. The Morgan fingerprint density at radius 3 is 2.41 bits per heavy atom. The van der Waals surface area contributed by atoms with Crippen LogP contribution < -0.4 is 0 Å². The summed E-state index contributed by atoms with van der Waals surface area (Å²) in [5, 5.41) is 4.39. The molecule has 2 aliphatic heterocycles. The van der Waals surface area contributed by atoms with Crippen molar-refractivity contribution in [1.82, 2.24) is 19.7 Å². The van der Waals surface area contributed by atoms with Crippen molar-refractivity contribution in [2.75, 3.05) is 13.2 Å². The van der Waals surface area contributed by atoms with Crippen LogP contribution in [0.1, 0.15) is 35.4 Å². The fourth-order valence-corrected chi connectivity index (χ4v) is 4.45. The van der Waals surface area contributed by atoms with Crippen LogP contribution in [-0.2, 0) is 10.9 Å². The molecule has 5 rings (SSSR count). The van der Waals surface area contributed by atoms with Crippen LogP contribution in [0.15, 0.2) is 54.6 Å². The van der Waals surface area contributed by atoms with E-state index < -0.39 is 11.7 Å². The molecule has 6 nitrogen and oxygen atoms in total. The van der Waals surface area contributed by atoms with E-state index in [1.165, 1.54) is 16.8 Å². The van der Waals surface area contributed by atoms with E-state index in [4.69, 9.17) is 4.74 Å². The van der Waals surface area contributed by atoms with Gasteiger partial charge in [-0.05, 0) is 37.5 Å². The van der Waals surface area contributed by atoms with Gasteiger partial charge in [0.2, 0.25) is 5.82 Å². The van der Waals surface area contributed by atoms with Gasteiger partial charge < -0.3 is 9.64 Å². The molecule has 9 heteroatoms. The maximum absolute atomic E-state index is 13.4. The van der Waals surface area contributed by atoms with E-state index in [9.17, 15) is 18.0 Å². The number of carbonyl (C=O) groups is 1. The lowest BCUT2D eigenvalue weighted by atomic mass is 9.94. The predicted molar refractivity (Wildman–Crippen MR) is 110 cm³/mol. The maximum atomic E-state index is 13.4. The van der Waals surface area contributed by atoms with Crippen LogP contribution in [0.2, 0.25) is 0 Å². The predicted octanol–water partition coefficient (Wildman–Crippen LogP) is 4.35. The minimum Gasteiger partial charge on any atom is -0.377 e. The van der Waals surface area contributed by atoms with Gasteiger partial charge in [0.05, 0.1) is 36.5 Å². The van der Waals surface area contributed by atoms with Gasteiger partial charge >= 0.3 is 6.18 Å². The van der Waals surface area contributed by atoms with Crippen molar-refractivity contribution in [2.24, 2.45) is 0 Å². The molecule has 166 valence electrons. The standard InChI is InChI=1S/C23H21F3N4O2/c24-23(25,26)16-8-4-9-17(12-16)30-21(15-6-2-1-3-7-15)27-20(28-30)22(31)29-18-10-5-11-19(29)14-32-13-18/h1-4,6-9,12,18-19H,5,10-11,13-14H2. The van der Waals surface area contributed by atoms with E-state index in [1.807, 2.05) is 6.07 Å². The molecule has 2 fully saturated rings. The van der Waals surface area contributed by atoms with Crippen LogP contribution in [0.3, 0.4) is 0 Å². The molecular weight excluding hydrogens is 421 g/mol. The number of hydrogen-bond donors (Lipinski definition) is 0. The van der Waals surface area contributed by atoms with Crippen molar-refractivity contribution >= 4 is 5.91 Å². The summed E-state index contributed by atoms with van der Waals surface area (Å²) in [7, 11) is 0. The molecule has 2 saturated heterocycles. The maximum Gasteiger partial charge on any atom is 0.416 e. The molecule has 2 aliphatic rings. The number of amides is 1. The molecular formula is C23H21F3N4O2. The van der Waals surface area contributed by atoms with Crippen LogP contribution in [0.5, 0.6) is 0 Å². The Morgan fingerprint density at radius 1 is 1.00 bits per heavy atom. The molecule has 3 aromatic rings. The lowest BCUT2D eigenvalue weighted by molar-refractivity contribution is -0.137. The van der Waals surface area contributed by atoms with Crippen molar-refractivity contribution in [3.8, 4) is 17.1 Å². The number of aromatic nitrogens is 3. The summed E-state index contributed by atoms with van der Waals surface area (Å²) < 4.78 is 46.8. The highest BCUT2D eigenvalue weighted by Gasteiger charge is 2.40. The van der Waals surface area contributed by atoms with Gasteiger partial charge in [-0.2, -0.15) is 13.2 Å². The van der Waals surface area contributed by atoms with Gasteiger partial charge in [-0.1, -0.05) is 36.4 Å². The van der Waals surface area contributed by atoms with Gasteiger partial charge in [-0.15, -0.1) is 5.10 Å². The Labute approximate surface area is 182 Å². The van der Waals surface area contributed by atoms with E-state index in [2.05, 4.69) is 10.1 Å². The molecule has 2 aromatic carbocycles. The first-order valence-electron chi connectivity index (χ1n) is 10.5. The number of benzene rings is 2. The van der Waals surface area contributed by atoms with Crippen LogP contribution in [0, 0.1) is 0 Å². The van der Waals surface area contributed by atoms with Crippen molar-refractivity contribution < 1.29 is 22.7 Å². The fraction of sp³-hybridized carbons (Fsp3) is 0.348. The minimum atomic E-state index is -4.49. The van der Waals surface area contributed by atoms with Crippen LogP contribution in [-0.4, -0.2) is 50.9 Å². The summed E-state index contributed by atoms with van der Waals surface area (Å²) >= 11 is 0. The Hall–Kier alpha value is -3.20. The Kier molecular flexibility index (Phi) is 5.21. The zero-order valence-corrected chi connectivity index (χ0v) is 17.1. The molecule has 2 bridgehead atoms.